The van der Waals surface area contributed by atoms with Crippen molar-refractivity contribution in [2.45, 2.75) is 52.0 Å². The number of ether oxygens (including phenoxy) is 3. The van der Waals surface area contributed by atoms with E-state index in [9.17, 15) is 14.4 Å². The van der Waals surface area contributed by atoms with E-state index in [0.29, 0.717) is 10.6 Å². The minimum Gasteiger partial charge on any atom is -0.479 e. The lowest BCUT2D eigenvalue weighted by atomic mass is 9.94. The Bertz CT molecular complexity index is 1140. The lowest BCUT2D eigenvalue weighted by Crippen LogP contribution is -2.40. The van der Waals surface area contributed by atoms with Crippen molar-refractivity contribution in [1.29, 1.82) is 0 Å². The number of anilines is 1. The van der Waals surface area contributed by atoms with E-state index in [1.54, 1.807) is 13.8 Å². The van der Waals surface area contributed by atoms with Crippen molar-refractivity contribution in [2.24, 2.45) is 0 Å². The number of carbonyl (C=O) groups excluding carboxylic acids is 3. The van der Waals surface area contributed by atoms with Gasteiger partial charge in [0.25, 0.3) is 0 Å². The molecule has 4 rings (SSSR count). The summed E-state index contributed by atoms with van der Waals surface area (Å²) in [6.07, 6.45) is 5.46. The molecule has 2 heterocycles. The fraction of sp³-hybridized carbons (Fsp3) is 0.458. The Morgan fingerprint density at radius 1 is 1.12 bits per heavy atom. The first-order valence-corrected chi connectivity index (χ1v) is 12.7. The van der Waals surface area contributed by atoms with Gasteiger partial charge in [-0.25, -0.2) is 9.59 Å². The number of fused-ring (bicyclic) bond motifs is 3. The molecule has 176 valence electrons. The van der Waals surface area contributed by atoms with Gasteiger partial charge < -0.3 is 19.1 Å². The van der Waals surface area contributed by atoms with E-state index in [1.807, 2.05) is 23.1 Å². The summed E-state index contributed by atoms with van der Waals surface area (Å²) in [4.78, 5) is 40.1. The van der Waals surface area contributed by atoms with Crippen LogP contribution in [0.1, 0.15) is 55.6 Å². The predicted molar refractivity (Wildman–Crippen MR) is 130 cm³/mol. The molecule has 1 fully saturated rings. The predicted octanol–water partition coefficient (Wildman–Crippen LogP) is 5.48. The van der Waals surface area contributed by atoms with Gasteiger partial charge in [-0.15, -0.1) is 22.7 Å². The van der Waals surface area contributed by atoms with Crippen molar-refractivity contribution in [3.05, 3.63) is 23.1 Å². The van der Waals surface area contributed by atoms with Crippen molar-refractivity contribution >= 4 is 55.6 Å². The standard InChI is InChI=1S/C24H27NO6S2/c1-4-30-19(27)13-31-21-20-17(32-23(21)24(28)29-3)12-15-10-11-18(33-22(15)20)25(14(2)26)16-8-6-5-7-9-16/h10-12,16H,4-9,13H2,1-3H3. The van der Waals surface area contributed by atoms with Crippen molar-refractivity contribution in [3.8, 4) is 16.2 Å². The molecule has 1 saturated carbocycles. The van der Waals surface area contributed by atoms with Crippen LogP contribution >= 0.6 is 22.7 Å². The van der Waals surface area contributed by atoms with Gasteiger partial charge in [-0.05, 0) is 37.5 Å². The highest BCUT2D eigenvalue weighted by Crippen LogP contribution is 2.50. The van der Waals surface area contributed by atoms with E-state index < -0.39 is 11.9 Å². The van der Waals surface area contributed by atoms with Crippen LogP contribution in [0.2, 0.25) is 0 Å². The topological polar surface area (TPSA) is 82.1 Å². The first kappa shape index (κ1) is 23.5. The zero-order valence-electron chi connectivity index (χ0n) is 19.0. The maximum Gasteiger partial charge on any atom is 0.351 e. The number of amides is 1. The largest absolute Gasteiger partial charge is 0.479 e. The van der Waals surface area contributed by atoms with Gasteiger partial charge in [0.1, 0.15) is 0 Å². The van der Waals surface area contributed by atoms with Crippen molar-refractivity contribution < 1.29 is 28.6 Å². The number of hydrogen-bond donors (Lipinski definition) is 0. The molecule has 9 heteroatoms. The molecule has 1 amide bonds. The Morgan fingerprint density at radius 3 is 2.55 bits per heavy atom. The summed E-state index contributed by atoms with van der Waals surface area (Å²) < 4.78 is 16.6. The van der Waals surface area contributed by atoms with Gasteiger partial charge in [0.2, 0.25) is 5.91 Å². The van der Waals surface area contributed by atoms with Crippen molar-refractivity contribution in [1.82, 2.24) is 0 Å². The summed E-state index contributed by atoms with van der Waals surface area (Å²) in [6, 6.07) is 6.19. The van der Waals surface area contributed by atoms with Gasteiger partial charge in [-0.2, -0.15) is 0 Å². The summed E-state index contributed by atoms with van der Waals surface area (Å²) in [6.45, 7) is 3.28. The molecule has 0 N–H and O–H groups in total. The second-order valence-corrected chi connectivity index (χ2v) is 10.1. The molecule has 0 atom stereocenters. The van der Waals surface area contributed by atoms with E-state index in [1.165, 1.54) is 36.2 Å². The molecule has 1 aliphatic heterocycles. The molecule has 33 heavy (non-hydrogen) atoms. The molecule has 2 aliphatic carbocycles. The molecule has 1 aromatic heterocycles. The Kier molecular flexibility index (Phi) is 7.19. The Balaban J connectivity index is 1.80. The fourth-order valence-corrected chi connectivity index (χ4v) is 6.85. The number of nitrogens with zero attached hydrogens (tertiary/aromatic N) is 1. The van der Waals surface area contributed by atoms with Crippen LogP contribution in [0.15, 0.2) is 18.2 Å². The molecule has 0 saturated heterocycles. The van der Waals surface area contributed by atoms with Gasteiger partial charge in [0.15, 0.2) is 17.2 Å². The number of hydrogen-bond acceptors (Lipinski definition) is 8. The maximum atomic E-state index is 12.6. The fourth-order valence-electron chi connectivity index (χ4n) is 4.39. The highest BCUT2D eigenvalue weighted by molar-refractivity contribution is 7.24. The second-order valence-electron chi connectivity index (χ2n) is 7.97. The third kappa shape index (κ3) is 4.70. The van der Waals surface area contributed by atoms with Gasteiger partial charge in [-0.1, -0.05) is 25.3 Å². The summed E-state index contributed by atoms with van der Waals surface area (Å²) in [5, 5.41) is 1.63. The van der Waals surface area contributed by atoms with Crippen LogP contribution in [-0.2, 0) is 19.1 Å². The monoisotopic (exact) mass is 489 g/mol. The van der Waals surface area contributed by atoms with Crippen LogP contribution in [0, 0.1) is 0 Å². The van der Waals surface area contributed by atoms with Crippen LogP contribution in [0.4, 0.5) is 5.00 Å². The second kappa shape index (κ2) is 10.1. The van der Waals surface area contributed by atoms with Crippen molar-refractivity contribution in [3.63, 3.8) is 0 Å². The molecule has 7 nitrogen and oxygen atoms in total. The third-order valence-corrected chi connectivity index (χ3v) is 8.09. The molecule has 0 spiro atoms. The number of carbonyl (C=O) groups is 3. The maximum absolute atomic E-state index is 12.6. The molecule has 0 bridgehead atoms. The molecular formula is C24H27NO6S2. The van der Waals surface area contributed by atoms with Gasteiger partial charge >= 0.3 is 11.9 Å². The highest BCUT2D eigenvalue weighted by Gasteiger charge is 2.29. The summed E-state index contributed by atoms with van der Waals surface area (Å²) in [7, 11) is 1.32. The molecule has 3 aliphatic rings. The highest BCUT2D eigenvalue weighted by atomic mass is 32.1. The molecule has 0 unspecified atom stereocenters. The minimum atomic E-state index is -0.517. The smallest absolute Gasteiger partial charge is 0.351 e. The zero-order valence-corrected chi connectivity index (χ0v) is 20.6. The van der Waals surface area contributed by atoms with Crippen molar-refractivity contribution in [2.75, 3.05) is 25.2 Å². The number of rotatable bonds is 7. The number of thiophene rings is 1. The number of methoxy groups -OCH3 is 1. The van der Waals surface area contributed by atoms with E-state index in [4.69, 9.17) is 14.2 Å². The molecule has 1 aromatic rings. The van der Waals surface area contributed by atoms with Crippen LogP contribution in [-0.4, -0.2) is 44.2 Å². The van der Waals surface area contributed by atoms with Crippen LogP contribution < -0.4 is 9.64 Å². The lowest BCUT2D eigenvalue weighted by molar-refractivity contribution is -0.145. The SMILES string of the molecule is CCOC(=O)COc1c(C(=O)OC)sc2cc3ccc(N(C(C)=O)C4CCCCC4)sc-3c12. The number of esters is 2. The normalized spacial score (nSPS) is 14.4. The quantitative estimate of drug-likeness (QED) is 0.409. The lowest BCUT2D eigenvalue weighted by Gasteiger charge is -2.33. The summed E-state index contributed by atoms with van der Waals surface area (Å²) in [5.41, 5.74) is 0.995. The van der Waals surface area contributed by atoms with Crippen LogP contribution in [0.25, 0.3) is 20.5 Å². The van der Waals surface area contributed by atoms with Crippen LogP contribution in [0.5, 0.6) is 5.75 Å². The Morgan fingerprint density at radius 2 is 1.88 bits per heavy atom. The van der Waals surface area contributed by atoms with E-state index in [2.05, 4.69) is 0 Å². The van der Waals surface area contributed by atoms with Gasteiger partial charge in [-0.3, -0.25) is 4.79 Å². The van der Waals surface area contributed by atoms with E-state index in [-0.39, 0.29) is 25.2 Å². The summed E-state index contributed by atoms with van der Waals surface area (Å²) >= 11 is 2.78. The third-order valence-electron chi connectivity index (χ3n) is 5.81. The summed E-state index contributed by atoms with van der Waals surface area (Å²) in [5.74, 6) is -0.671. The average Bonchev–Trinajstić information content (AvgIpc) is 3.34. The Labute approximate surface area is 200 Å². The minimum absolute atomic E-state index is 0.0275. The first-order valence-electron chi connectivity index (χ1n) is 11.1. The molecule has 0 aromatic carbocycles. The van der Waals surface area contributed by atoms with Gasteiger partial charge in [0, 0.05) is 22.5 Å². The Hall–Kier alpha value is -2.65. The van der Waals surface area contributed by atoms with Crippen LogP contribution in [0.3, 0.4) is 0 Å². The van der Waals surface area contributed by atoms with E-state index in [0.717, 1.165) is 51.2 Å². The zero-order chi connectivity index (χ0) is 23.5. The molecular weight excluding hydrogens is 462 g/mol. The van der Waals surface area contributed by atoms with E-state index >= 15 is 0 Å². The molecule has 0 radical (unpaired) electrons. The first-order chi connectivity index (χ1) is 15.9. The van der Waals surface area contributed by atoms with Gasteiger partial charge in [0.05, 0.1) is 24.1 Å². The average molecular weight is 490 g/mol.